The van der Waals surface area contributed by atoms with Crippen molar-refractivity contribution in [2.45, 2.75) is 51.0 Å². The first kappa shape index (κ1) is 12.2. The van der Waals surface area contributed by atoms with Crippen LogP contribution in [0.4, 0.5) is 0 Å². The Hall–Kier alpha value is -0.570. The molecule has 1 amide bonds. The molecule has 3 heteroatoms. The lowest BCUT2D eigenvalue weighted by Crippen LogP contribution is -2.46. The van der Waals surface area contributed by atoms with E-state index < -0.39 is 0 Å². The van der Waals surface area contributed by atoms with Crippen LogP contribution in [0.3, 0.4) is 0 Å². The van der Waals surface area contributed by atoms with Gasteiger partial charge in [-0.25, -0.2) is 0 Å². The summed E-state index contributed by atoms with van der Waals surface area (Å²) in [6.07, 6.45) is 9.26. The maximum atomic E-state index is 12.4. The fourth-order valence-corrected chi connectivity index (χ4v) is 4.83. The first-order valence-corrected chi connectivity index (χ1v) is 8.27. The molecule has 4 fully saturated rings. The summed E-state index contributed by atoms with van der Waals surface area (Å²) in [4.78, 5) is 12.4. The third-order valence-electron chi connectivity index (χ3n) is 6.25. The zero-order valence-electron chi connectivity index (χ0n) is 11.7. The highest BCUT2D eigenvalue weighted by atomic mass is 16.1. The van der Waals surface area contributed by atoms with E-state index in [0.29, 0.717) is 11.8 Å². The summed E-state index contributed by atoms with van der Waals surface area (Å²) < 4.78 is 0. The van der Waals surface area contributed by atoms with Gasteiger partial charge in [0, 0.05) is 12.6 Å². The Morgan fingerprint density at radius 2 is 1.68 bits per heavy atom. The fourth-order valence-electron chi connectivity index (χ4n) is 4.83. The largest absolute Gasteiger partial charge is 0.356 e. The molecule has 3 nitrogen and oxygen atoms in total. The first-order chi connectivity index (χ1) is 9.24. The molecule has 106 valence electrons. The number of rotatable bonds is 5. The van der Waals surface area contributed by atoms with Crippen LogP contribution in [0, 0.1) is 35.5 Å². The Balaban J connectivity index is 1.33. The first-order valence-electron chi connectivity index (χ1n) is 8.27. The second-order valence-corrected chi connectivity index (χ2v) is 7.52. The minimum Gasteiger partial charge on any atom is -0.356 e. The third-order valence-corrected chi connectivity index (χ3v) is 6.25. The van der Waals surface area contributed by atoms with E-state index in [0.717, 1.165) is 24.3 Å². The van der Waals surface area contributed by atoms with Crippen molar-refractivity contribution in [3.63, 3.8) is 0 Å². The van der Waals surface area contributed by atoms with Crippen molar-refractivity contribution in [3.05, 3.63) is 0 Å². The molecule has 0 aromatic carbocycles. The molecule has 4 aliphatic rings. The summed E-state index contributed by atoms with van der Waals surface area (Å²) in [6, 6.07) is 0.138. The van der Waals surface area contributed by atoms with Gasteiger partial charge in [0.05, 0.1) is 5.92 Å². The van der Waals surface area contributed by atoms with Crippen molar-refractivity contribution in [3.8, 4) is 0 Å². The van der Waals surface area contributed by atoms with E-state index in [1.165, 1.54) is 44.9 Å². The fraction of sp³-hybridized carbons (Fsp3) is 0.938. The monoisotopic (exact) mass is 262 g/mol. The Morgan fingerprint density at radius 1 is 1.05 bits per heavy atom. The van der Waals surface area contributed by atoms with Gasteiger partial charge < -0.3 is 11.1 Å². The van der Waals surface area contributed by atoms with Crippen molar-refractivity contribution in [2.75, 3.05) is 6.54 Å². The Labute approximate surface area is 115 Å². The summed E-state index contributed by atoms with van der Waals surface area (Å²) in [7, 11) is 0. The minimum atomic E-state index is 0.123. The van der Waals surface area contributed by atoms with E-state index in [9.17, 15) is 4.79 Å². The summed E-state index contributed by atoms with van der Waals surface area (Å²) in [6.45, 7) is 0.925. The number of amides is 1. The lowest BCUT2D eigenvalue weighted by atomic mass is 9.84. The molecule has 0 spiro atoms. The van der Waals surface area contributed by atoms with Crippen LogP contribution in [0.15, 0.2) is 0 Å². The number of carbonyl (C=O) groups is 1. The molecule has 4 rings (SSSR count). The Bertz CT molecular complexity index is 361. The van der Waals surface area contributed by atoms with Crippen LogP contribution in [0.1, 0.15) is 44.9 Å². The van der Waals surface area contributed by atoms with Crippen LogP contribution in [0.5, 0.6) is 0 Å². The number of carbonyl (C=O) groups excluding carboxylic acids is 1. The van der Waals surface area contributed by atoms with Gasteiger partial charge in [-0.3, -0.25) is 4.79 Å². The maximum absolute atomic E-state index is 12.4. The molecule has 4 unspecified atom stereocenters. The highest BCUT2D eigenvalue weighted by Crippen LogP contribution is 2.50. The molecule has 0 radical (unpaired) electrons. The number of nitrogens with two attached hydrogens (primary N) is 1. The lowest BCUT2D eigenvalue weighted by molar-refractivity contribution is -0.127. The summed E-state index contributed by atoms with van der Waals surface area (Å²) >= 11 is 0. The average molecular weight is 262 g/mol. The Kier molecular flexibility index (Phi) is 2.87. The van der Waals surface area contributed by atoms with Crippen LogP contribution in [0.2, 0.25) is 0 Å². The van der Waals surface area contributed by atoms with Crippen LogP contribution in [-0.4, -0.2) is 18.5 Å². The quantitative estimate of drug-likeness (QED) is 0.795. The van der Waals surface area contributed by atoms with E-state index in [2.05, 4.69) is 5.32 Å². The molecule has 0 saturated heterocycles. The van der Waals surface area contributed by atoms with E-state index in [4.69, 9.17) is 5.73 Å². The van der Waals surface area contributed by atoms with Crippen molar-refractivity contribution in [1.82, 2.24) is 5.32 Å². The van der Waals surface area contributed by atoms with Crippen molar-refractivity contribution < 1.29 is 4.79 Å². The zero-order chi connectivity index (χ0) is 13.0. The van der Waals surface area contributed by atoms with Gasteiger partial charge in [-0.2, -0.15) is 0 Å². The van der Waals surface area contributed by atoms with Gasteiger partial charge in [0.15, 0.2) is 0 Å². The average Bonchev–Trinajstić information content (AvgIpc) is 3.32. The topological polar surface area (TPSA) is 55.1 Å². The highest BCUT2D eigenvalue weighted by Gasteiger charge is 2.49. The lowest BCUT2D eigenvalue weighted by Gasteiger charge is -2.28. The van der Waals surface area contributed by atoms with Crippen LogP contribution >= 0.6 is 0 Å². The smallest absolute Gasteiger partial charge is 0.224 e. The summed E-state index contributed by atoms with van der Waals surface area (Å²) in [5.41, 5.74) is 6.25. The molecule has 3 N–H and O–H groups in total. The van der Waals surface area contributed by atoms with Gasteiger partial charge in [-0.1, -0.05) is 0 Å². The molecular formula is C16H26N2O. The molecule has 0 heterocycles. The van der Waals surface area contributed by atoms with Crippen molar-refractivity contribution in [1.29, 1.82) is 0 Å². The molecule has 4 atom stereocenters. The molecule has 4 aliphatic carbocycles. The minimum absolute atomic E-state index is 0.123. The predicted octanol–water partition coefficient (Wildman–Crippen LogP) is 1.91. The normalized spacial score (nSPS) is 40.9. The van der Waals surface area contributed by atoms with E-state index in [1.54, 1.807) is 0 Å². The van der Waals surface area contributed by atoms with Crippen molar-refractivity contribution >= 4 is 5.91 Å². The number of nitrogens with one attached hydrogen (secondary N) is 1. The van der Waals surface area contributed by atoms with Gasteiger partial charge in [0.1, 0.15) is 0 Å². The highest BCUT2D eigenvalue weighted by molar-refractivity contribution is 5.80. The second kappa shape index (κ2) is 4.47. The number of fused-ring (bicyclic) bond motifs is 2. The van der Waals surface area contributed by atoms with Crippen LogP contribution in [0.25, 0.3) is 0 Å². The van der Waals surface area contributed by atoms with Crippen LogP contribution in [-0.2, 0) is 4.79 Å². The van der Waals surface area contributed by atoms with Crippen LogP contribution < -0.4 is 11.1 Å². The molecule has 4 saturated carbocycles. The van der Waals surface area contributed by atoms with Gasteiger partial charge >= 0.3 is 0 Å². The van der Waals surface area contributed by atoms with Gasteiger partial charge in [0.25, 0.3) is 0 Å². The van der Waals surface area contributed by atoms with Gasteiger partial charge in [-0.05, 0) is 74.5 Å². The van der Waals surface area contributed by atoms with Gasteiger partial charge in [0.2, 0.25) is 5.91 Å². The summed E-state index contributed by atoms with van der Waals surface area (Å²) in [5, 5.41) is 3.26. The van der Waals surface area contributed by atoms with Gasteiger partial charge in [-0.15, -0.1) is 0 Å². The number of hydrogen-bond acceptors (Lipinski definition) is 2. The van der Waals surface area contributed by atoms with E-state index in [1.807, 2.05) is 0 Å². The number of hydrogen-bond donors (Lipinski definition) is 2. The Morgan fingerprint density at radius 3 is 2.21 bits per heavy atom. The zero-order valence-corrected chi connectivity index (χ0v) is 11.7. The van der Waals surface area contributed by atoms with E-state index >= 15 is 0 Å². The van der Waals surface area contributed by atoms with Crippen molar-refractivity contribution in [2.24, 2.45) is 41.2 Å². The SMILES string of the molecule is NC1C2CCC(C2)C1C(=O)NCC(C1CC1)C1CC1. The molecule has 0 aliphatic heterocycles. The standard InChI is InChI=1S/C16H26N2O/c17-15-12-6-5-11(7-12)14(15)16(19)18-8-13(9-1-2-9)10-3-4-10/h9-15H,1-8,17H2,(H,18,19). The molecule has 0 aromatic heterocycles. The molecule has 19 heavy (non-hydrogen) atoms. The molecule has 0 aromatic rings. The van der Waals surface area contributed by atoms with E-state index in [-0.39, 0.29) is 17.9 Å². The molecular weight excluding hydrogens is 236 g/mol. The summed E-state index contributed by atoms with van der Waals surface area (Å²) in [5.74, 6) is 4.22. The second-order valence-electron chi connectivity index (χ2n) is 7.52. The molecule has 2 bridgehead atoms. The predicted molar refractivity (Wildman–Crippen MR) is 74.2 cm³/mol. The third kappa shape index (κ3) is 2.20. The maximum Gasteiger partial charge on any atom is 0.224 e.